The maximum Gasteiger partial charge on any atom is 0.170 e. The Morgan fingerprint density at radius 3 is 2.71 bits per heavy atom. The normalized spacial score (nSPS) is 10.9. The maximum atomic E-state index is 11.2. The van der Waals surface area contributed by atoms with Crippen LogP contribution in [0.15, 0.2) is 42.6 Å². The van der Waals surface area contributed by atoms with E-state index in [-0.39, 0.29) is 0 Å². The summed E-state index contributed by atoms with van der Waals surface area (Å²) in [7, 11) is 0. The first-order valence-electron chi connectivity index (χ1n) is 8.03. The number of benzene rings is 2. The highest BCUT2D eigenvalue weighted by molar-refractivity contribution is 5.98. The van der Waals surface area contributed by atoms with Crippen LogP contribution in [-0.2, 0) is 11.5 Å². The predicted octanol–water partition coefficient (Wildman–Crippen LogP) is 3.91. The Hall–Kier alpha value is -2.66. The van der Waals surface area contributed by atoms with E-state index in [2.05, 4.69) is 4.98 Å². The molecule has 24 heavy (non-hydrogen) atoms. The molecule has 0 aliphatic heterocycles. The standard InChI is InChI=1S/C19H20N2O3/c1-3-23-13-21-11-15(12-22)20-19(21)18-16-8-6-5-7-14(16)9-10-17(18)24-4-2/h5-12H,3-4,13H2,1-2H3. The second kappa shape index (κ2) is 7.27. The van der Waals surface area contributed by atoms with Crippen molar-refractivity contribution in [1.29, 1.82) is 0 Å². The summed E-state index contributed by atoms with van der Waals surface area (Å²) in [6.45, 7) is 5.35. The van der Waals surface area contributed by atoms with Gasteiger partial charge in [0.15, 0.2) is 6.29 Å². The van der Waals surface area contributed by atoms with Crippen molar-refractivity contribution in [2.24, 2.45) is 0 Å². The van der Waals surface area contributed by atoms with Gasteiger partial charge in [-0.15, -0.1) is 0 Å². The highest BCUT2D eigenvalue weighted by Crippen LogP contribution is 2.36. The molecule has 5 nitrogen and oxygen atoms in total. The number of fused-ring (bicyclic) bond motifs is 1. The SMILES string of the molecule is CCOCn1cc(C=O)nc1-c1c(OCC)ccc2ccccc12. The lowest BCUT2D eigenvalue weighted by Crippen LogP contribution is -2.05. The zero-order valence-corrected chi connectivity index (χ0v) is 13.9. The number of imidazole rings is 1. The summed E-state index contributed by atoms with van der Waals surface area (Å²) in [4.78, 5) is 15.7. The molecule has 1 aromatic heterocycles. The maximum absolute atomic E-state index is 11.2. The Morgan fingerprint density at radius 2 is 1.96 bits per heavy atom. The number of carbonyl (C=O) groups excluding carboxylic acids is 1. The molecule has 2 aromatic carbocycles. The highest BCUT2D eigenvalue weighted by Gasteiger charge is 2.18. The fraction of sp³-hybridized carbons (Fsp3) is 0.263. The van der Waals surface area contributed by atoms with Crippen LogP contribution in [0.2, 0.25) is 0 Å². The second-order valence-electron chi connectivity index (χ2n) is 5.29. The molecule has 0 unspecified atom stereocenters. The van der Waals surface area contributed by atoms with Crippen LogP contribution in [0.25, 0.3) is 22.2 Å². The van der Waals surface area contributed by atoms with Crippen LogP contribution in [0.4, 0.5) is 0 Å². The summed E-state index contributed by atoms with van der Waals surface area (Å²) >= 11 is 0. The summed E-state index contributed by atoms with van der Waals surface area (Å²) in [5, 5.41) is 2.12. The van der Waals surface area contributed by atoms with Crippen molar-refractivity contribution in [2.75, 3.05) is 13.2 Å². The Bertz CT molecular complexity index is 855. The van der Waals surface area contributed by atoms with E-state index in [4.69, 9.17) is 9.47 Å². The van der Waals surface area contributed by atoms with E-state index >= 15 is 0 Å². The van der Waals surface area contributed by atoms with Gasteiger partial charge in [-0.2, -0.15) is 0 Å². The number of hydrogen-bond acceptors (Lipinski definition) is 4. The number of rotatable bonds is 7. The molecular formula is C19H20N2O3. The van der Waals surface area contributed by atoms with Crippen LogP contribution in [0, 0.1) is 0 Å². The monoisotopic (exact) mass is 324 g/mol. The van der Waals surface area contributed by atoms with Crippen LogP contribution < -0.4 is 4.74 Å². The van der Waals surface area contributed by atoms with Gasteiger partial charge in [-0.3, -0.25) is 4.79 Å². The van der Waals surface area contributed by atoms with E-state index in [1.54, 1.807) is 6.20 Å². The molecule has 0 atom stereocenters. The van der Waals surface area contributed by atoms with E-state index in [1.165, 1.54) is 0 Å². The molecule has 1 heterocycles. The van der Waals surface area contributed by atoms with Crippen LogP contribution in [-0.4, -0.2) is 29.1 Å². The number of aldehydes is 1. The van der Waals surface area contributed by atoms with Gasteiger partial charge < -0.3 is 14.0 Å². The quantitative estimate of drug-likeness (QED) is 0.618. The zero-order valence-electron chi connectivity index (χ0n) is 13.9. The van der Waals surface area contributed by atoms with E-state index in [9.17, 15) is 4.79 Å². The molecule has 0 spiro atoms. The fourth-order valence-electron chi connectivity index (χ4n) is 2.74. The van der Waals surface area contributed by atoms with Gasteiger partial charge in [0, 0.05) is 12.8 Å². The number of carbonyl (C=O) groups is 1. The van der Waals surface area contributed by atoms with E-state index in [1.807, 2.05) is 54.8 Å². The number of ether oxygens (including phenoxy) is 2. The molecule has 3 rings (SSSR count). The van der Waals surface area contributed by atoms with Crippen molar-refractivity contribution in [3.63, 3.8) is 0 Å². The first-order valence-corrected chi connectivity index (χ1v) is 8.03. The first-order chi connectivity index (χ1) is 11.8. The molecule has 0 radical (unpaired) electrons. The smallest absolute Gasteiger partial charge is 0.170 e. The van der Waals surface area contributed by atoms with E-state index in [0.717, 1.165) is 28.4 Å². The summed E-state index contributed by atoms with van der Waals surface area (Å²) in [6, 6.07) is 12.0. The van der Waals surface area contributed by atoms with Gasteiger partial charge in [-0.1, -0.05) is 30.3 Å². The molecule has 0 aliphatic carbocycles. The molecule has 0 bridgehead atoms. The Morgan fingerprint density at radius 1 is 1.12 bits per heavy atom. The van der Waals surface area contributed by atoms with Gasteiger partial charge in [0.1, 0.15) is 24.0 Å². The number of nitrogens with zero attached hydrogens (tertiary/aromatic N) is 2. The molecule has 3 aromatic rings. The van der Waals surface area contributed by atoms with Crippen LogP contribution in [0.5, 0.6) is 5.75 Å². The van der Waals surface area contributed by atoms with Gasteiger partial charge in [0.05, 0.1) is 12.2 Å². The Balaban J connectivity index is 2.25. The van der Waals surface area contributed by atoms with Gasteiger partial charge in [0.2, 0.25) is 0 Å². The summed E-state index contributed by atoms with van der Waals surface area (Å²) < 4.78 is 13.2. The Labute approximate surface area is 140 Å². The molecule has 0 fully saturated rings. The minimum atomic E-state index is 0.335. The molecule has 0 saturated heterocycles. The van der Waals surface area contributed by atoms with Gasteiger partial charge in [-0.25, -0.2) is 4.98 Å². The predicted molar refractivity (Wildman–Crippen MR) is 93.4 cm³/mol. The molecule has 0 aliphatic rings. The van der Waals surface area contributed by atoms with Crippen molar-refractivity contribution >= 4 is 17.1 Å². The minimum absolute atomic E-state index is 0.335. The van der Waals surface area contributed by atoms with E-state index < -0.39 is 0 Å². The average molecular weight is 324 g/mol. The van der Waals surface area contributed by atoms with Crippen molar-refractivity contribution in [2.45, 2.75) is 20.6 Å². The van der Waals surface area contributed by atoms with Crippen LogP contribution in [0.3, 0.4) is 0 Å². The molecule has 0 saturated carbocycles. The minimum Gasteiger partial charge on any atom is -0.493 e. The molecular weight excluding hydrogens is 304 g/mol. The topological polar surface area (TPSA) is 53.4 Å². The van der Waals surface area contributed by atoms with Crippen molar-refractivity contribution in [3.8, 4) is 17.1 Å². The molecule has 5 heteroatoms. The van der Waals surface area contributed by atoms with Crippen molar-refractivity contribution in [1.82, 2.24) is 9.55 Å². The lowest BCUT2D eigenvalue weighted by atomic mass is 10.0. The summed E-state index contributed by atoms with van der Waals surface area (Å²) in [5.41, 5.74) is 1.25. The van der Waals surface area contributed by atoms with Gasteiger partial charge in [-0.05, 0) is 30.7 Å². The Kier molecular flexibility index (Phi) is 4.91. The highest BCUT2D eigenvalue weighted by atomic mass is 16.5. The third-order valence-electron chi connectivity index (χ3n) is 3.76. The number of aromatic nitrogens is 2. The average Bonchev–Trinajstić information content (AvgIpc) is 3.03. The summed E-state index contributed by atoms with van der Waals surface area (Å²) in [5.74, 6) is 1.42. The summed E-state index contributed by atoms with van der Waals surface area (Å²) in [6.07, 6.45) is 2.45. The van der Waals surface area contributed by atoms with Crippen LogP contribution >= 0.6 is 0 Å². The van der Waals surface area contributed by atoms with Gasteiger partial charge >= 0.3 is 0 Å². The lowest BCUT2D eigenvalue weighted by molar-refractivity contribution is 0.0888. The fourth-order valence-corrected chi connectivity index (χ4v) is 2.74. The van der Waals surface area contributed by atoms with Crippen molar-refractivity contribution in [3.05, 3.63) is 48.3 Å². The van der Waals surface area contributed by atoms with Crippen molar-refractivity contribution < 1.29 is 14.3 Å². The lowest BCUT2D eigenvalue weighted by Gasteiger charge is -2.14. The molecule has 0 amide bonds. The largest absolute Gasteiger partial charge is 0.493 e. The van der Waals surface area contributed by atoms with E-state index in [0.29, 0.717) is 31.5 Å². The molecule has 0 N–H and O–H groups in total. The molecule has 124 valence electrons. The third-order valence-corrected chi connectivity index (χ3v) is 3.76. The zero-order chi connectivity index (χ0) is 16.9. The number of hydrogen-bond donors (Lipinski definition) is 0. The second-order valence-corrected chi connectivity index (χ2v) is 5.29. The van der Waals surface area contributed by atoms with Crippen LogP contribution in [0.1, 0.15) is 24.3 Å². The first kappa shape index (κ1) is 16.2. The third kappa shape index (κ3) is 3.03. The van der Waals surface area contributed by atoms with Gasteiger partial charge in [0.25, 0.3) is 0 Å².